The van der Waals surface area contributed by atoms with Crippen molar-refractivity contribution in [3.8, 4) is 11.4 Å². The van der Waals surface area contributed by atoms with Crippen LogP contribution in [0.5, 0.6) is 0 Å². The Morgan fingerprint density at radius 1 is 1.12 bits per heavy atom. The van der Waals surface area contributed by atoms with Crippen LogP contribution in [0.2, 0.25) is 0 Å². The second kappa shape index (κ2) is 9.99. The summed E-state index contributed by atoms with van der Waals surface area (Å²) < 4.78 is 35.2. The molecule has 1 atom stereocenters. The highest BCUT2D eigenvalue weighted by Crippen LogP contribution is 2.32. The summed E-state index contributed by atoms with van der Waals surface area (Å²) in [6.45, 7) is 7.42. The SMILES string of the molecule is C=CCSc1nnc(-c2cccc(S(=O)(=O)N3CCOCC3)c2)n1[C@@H](C)c1ccccc1. The molecule has 0 amide bonds. The average molecular weight is 471 g/mol. The fourth-order valence-electron chi connectivity index (χ4n) is 3.67. The Morgan fingerprint density at radius 2 is 1.88 bits per heavy atom. The smallest absolute Gasteiger partial charge is 0.243 e. The highest BCUT2D eigenvalue weighted by atomic mass is 32.2. The molecular formula is C23H26N4O3S2. The summed E-state index contributed by atoms with van der Waals surface area (Å²) in [5, 5.41) is 9.62. The van der Waals surface area contributed by atoms with Gasteiger partial charge in [-0.1, -0.05) is 60.3 Å². The van der Waals surface area contributed by atoms with Crippen molar-refractivity contribution in [1.29, 1.82) is 0 Å². The molecule has 168 valence electrons. The monoisotopic (exact) mass is 470 g/mol. The van der Waals surface area contributed by atoms with Gasteiger partial charge in [-0.2, -0.15) is 4.31 Å². The summed E-state index contributed by atoms with van der Waals surface area (Å²) >= 11 is 1.55. The van der Waals surface area contributed by atoms with Gasteiger partial charge in [-0.25, -0.2) is 8.42 Å². The lowest BCUT2D eigenvalue weighted by molar-refractivity contribution is 0.0730. The molecule has 32 heavy (non-hydrogen) atoms. The van der Waals surface area contributed by atoms with Gasteiger partial charge in [0.15, 0.2) is 11.0 Å². The van der Waals surface area contributed by atoms with Gasteiger partial charge in [0.25, 0.3) is 0 Å². The van der Waals surface area contributed by atoms with Crippen LogP contribution in [0.3, 0.4) is 0 Å². The van der Waals surface area contributed by atoms with Gasteiger partial charge in [0.05, 0.1) is 24.2 Å². The van der Waals surface area contributed by atoms with Gasteiger partial charge in [0, 0.05) is 24.4 Å². The molecule has 2 heterocycles. The third-order valence-electron chi connectivity index (χ3n) is 5.36. The van der Waals surface area contributed by atoms with Crippen molar-refractivity contribution >= 4 is 21.8 Å². The molecule has 2 aromatic carbocycles. The Morgan fingerprint density at radius 3 is 2.59 bits per heavy atom. The van der Waals surface area contributed by atoms with Crippen LogP contribution in [0.15, 0.2) is 77.3 Å². The van der Waals surface area contributed by atoms with E-state index in [0.717, 1.165) is 10.7 Å². The van der Waals surface area contributed by atoms with Crippen LogP contribution in [-0.2, 0) is 14.8 Å². The van der Waals surface area contributed by atoms with Crippen LogP contribution in [0.1, 0.15) is 18.5 Å². The summed E-state index contributed by atoms with van der Waals surface area (Å²) in [6.07, 6.45) is 1.83. The van der Waals surface area contributed by atoms with E-state index in [-0.39, 0.29) is 10.9 Å². The van der Waals surface area contributed by atoms with Crippen molar-refractivity contribution in [2.45, 2.75) is 23.0 Å². The summed E-state index contributed by atoms with van der Waals surface area (Å²) in [4.78, 5) is 0.249. The number of ether oxygens (including phenoxy) is 1. The molecule has 1 aliphatic rings. The largest absolute Gasteiger partial charge is 0.379 e. The lowest BCUT2D eigenvalue weighted by atomic mass is 10.1. The quantitative estimate of drug-likeness (QED) is 0.368. The summed E-state index contributed by atoms with van der Waals surface area (Å²) in [5.41, 5.74) is 1.83. The normalized spacial score (nSPS) is 16.0. The lowest BCUT2D eigenvalue weighted by Crippen LogP contribution is -2.40. The maximum absolute atomic E-state index is 13.2. The van der Waals surface area contributed by atoms with Crippen LogP contribution in [-0.4, -0.2) is 59.5 Å². The molecule has 0 spiro atoms. The minimum absolute atomic E-state index is 0.0342. The van der Waals surface area contributed by atoms with Crippen LogP contribution >= 0.6 is 11.8 Å². The van der Waals surface area contributed by atoms with E-state index in [4.69, 9.17) is 4.74 Å². The van der Waals surface area contributed by atoms with Crippen molar-refractivity contribution in [3.63, 3.8) is 0 Å². The third kappa shape index (κ3) is 4.66. The Kier molecular flexibility index (Phi) is 7.10. The molecule has 0 radical (unpaired) electrons. The van der Waals surface area contributed by atoms with E-state index in [1.54, 1.807) is 30.0 Å². The van der Waals surface area contributed by atoms with E-state index in [1.807, 2.05) is 30.3 Å². The molecule has 1 fully saturated rings. The fraction of sp³-hybridized carbons (Fsp3) is 0.304. The molecule has 0 N–H and O–H groups in total. The molecule has 0 unspecified atom stereocenters. The first-order valence-electron chi connectivity index (χ1n) is 10.4. The van der Waals surface area contributed by atoms with E-state index < -0.39 is 10.0 Å². The summed E-state index contributed by atoms with van der Waals surface area (Å²) in [5.74, 6) is 1.33. The molecule has 4 rings (SSSR count). The topological polar surface area (TPSA) is 77.3 Å². The van der Waals surface area contributed by atoms with E-state index in [9.17, 15) is 8.42 Å². The molecule has 1 saturated heterocycles. The molecule has 7 nitrogen and oxygen atoms in total. The van der Waals surface area contributed by atoms with Gasteiger partial charge in [-0.15, -0.1) is 16.8 Å². The Bertz CT molecular complexity index is 1170. The van der Waals surface area contributed by atoms with Crippen molar-refractivity contribution in [3.05, 3.63) is 72.8 Å². The Balaban J connectivity index is 1.76. The molecule has 9 heteroatoms. The lowest BCUT2D eigenvalue weighted by Gasteiger charge is -2.26. The highest BCUT2D eigenvalue weighted by Gasteiger charge is 2.27. The molecule has 0 aliphatic carbocycles. The molecule has 1 aromatic heterocycles. The Labute approximate surface area is 193 Å². The highest BCUT2D eigenvalue weighted by molar-refractivity contribution is 7.99. The maximum atomic E-state index is 13.2. The first kappa shape index (κ1) is 22.7. The second-order valence-electron chi connectivity index (χ2n) is 7.41. The molecule has 1 aliphatic heterocycles. The number of sulfonamides is 1. The van der Waals surface area contributed by atoms with Crippen molar-refractivity contribution in [2.75, 3.05) is 32.1 Å². The van der Waals surface area contributed by atoms with E-state index in [1.165, 1.54) is 4.31 Å². The van der Waals surface area contributed by atoms with Crippen LogP contribution in [0.4, 0.5) is 0 Å². The minimum Gasteiger partial charge on any atom is -0.379 e. The van der Waals surface area contributed by atoms with Gasteiger partial charge in [-0.05, 0) is 24.6 Å². The number of thioether (sulfide) groups is 1. The Hall–Kier alpha value is -2.46. The predicted octanol–water partition coefficient (Wildman–Crippen LogP) is 3.85. The third-order valence-corrected chi connectivity index (χ3v) is 8.20. The van der Waals surface area contributed by atoms with Gasteiger partial charge in [-0.3, -0.25) is 4.57 Å². The molecule has 0 saturated carbocycles. The summed E-state index contributed by atoms with van der Waals surface area (Å²) in [6, 6.07) is 17.0. The first-order valence-corrected chi connectivity index (χ1v) is 12.9. The minimum atomic E-state index is -3.61. The zero-order valence-electron chi connectivity index (χ0n) is 17.9. The fourth-order valence-corrected chi connectivity index (χ4v) is 5.87. The second-order valence-corrected chi connectivity index (χ2v) is 10.3. The number of rotatable bonds is 8. The molecule has 0 bridgehead atoms. The standard InChI is InChI=1S/C23H26N4O3S2/c1-3-16-31-23-25-24-22(27(23)18(2)19-8-5-4-6-9-19)20-10-7-11-21(17-20)32(28,29)26-12-14-30-15-13-26/h3-11,17-18H,1,12-16H2,2H3/t18-/m0/s1. The number of hydrogen-bond donors (Lipinski definition) is 0. The predicted molar refractivity (Wildman–Crippen MR) is 126 cm³/mol. The number of hydrogen-bond acceptors (Lipinski definition) is 6. The zero-order valence-corrected chi connectivity index (χ0v) is 19.6. The van der Waals surface area contributed by atoms with Gasteiger partial charge in [0.1, 0.15) is 0 Å². The number of nitrogens with zero attached hydrogens (tertiary/aromatic N) is 4. The number of morpholine rings is 1. The van der Waals surface area contributed by atoms with Crippen molar-refractivity contribution in [1.82, 2.24) is 19.1 Å². The molecule has 3 aromatic rings. The van der Waals surface area contributed by atoms with E-state index in [0.29, 0.717) is 43.4 Å². The first-order chi connectivity index (χ1) is 15.5. The zero-order chi connectivity index (χ0) is 22.6. The van der Waals surface area contributed by atoms with Crippen LogP contribution < -0.4 is 0 Å². The van der Waals surface area contributed by atoms with Gasteiger partial charge >= 0.3 is 0 Å². The number of benzene rings is 2. The van der Waals surface area contributed by atoms with Crippen molar-refractivity contribution in [2.24, 2.45) is 0 Å². The number of aromatic nitrogens is 3. The van der Waals surface area contributed by atoms with Gasteiger partial charge < -0.3 is 4.74 Å². The van der Waals surface area contributed by atoms with Crippen LogP contribution in [0.25, 0.3) is 11.4 Å². The molecular weight excluding hydrogens is 444 g/mol. The van der Waals surface area contributed by atoms with Crippen LogP contribution in [0, 0.1) is 0 Å². The maximum Gasteiger partial charge on any atom is 0.243 e. The van der Waals surface area contributed by atoms with Gasteiger partial charge in [0.2, 0.25) is 10.0 Å². The van der Waals surface area contributed by atoms with E-state index >= 15 is 0 Å². The van der Waals surface area contributed by atoms with Crippen molar-refractivity contribution < 1.29 is 13.2 Å². The average Bonchev–Trinajstić information content (AvgIpc) is 3.27. The summed E-state index contributed by atoms with van der Waals surface area (Å²) in [7, 11) is -3.61. The van der Waals surface area contributed by atoms with E-state index in [2.05, 4.69) is 40.4 Å².